The Morgan fingerprint density at radius 3 is 2.71 bits per heavy atom. The highest BCUT2D eigenvalue weighted by Gasteiger charge is 2.10. The molecule has 0 bridgehead atoms. The van der Waals surface area contributed by atoms with Crippen LogP contribution in [0.25, 0.3) is 0 Å². The first-order valence-corrected chi connectivity index (χ1v) is 6.05. The van der Waals surface area contributed by atoms with E-state index < -0.39 is 0 Å². The minimum absolute atomic E-state index is 0.0409. The Labute approximate surface area is 104 Å². The second kappa shape index (κ2) is 8.97. The van der Waals surface area contributed by atoms with Gasteiger partial charge in [0.2, 0.25) is 5.91 Å². The summed E-state index contributed by atoms with van der Waals surface area (Å²) in [5.41, 5.74) is 5.93. The summed E-state index contributed by atoms with van der Waals surface area (Å²) < 4.78 is 0. The van der Waals surface area contributed by atoms with Crippen LogP contribution in [0.1, 0.15) is 26.7 Å². The third-order valence-corrected chi connectivity index (χ3v) is 2.67. The SMILES string of the molecule is CC(C)C(N)CCN(C)CC(=O)NCCC#N. The van der Waals surface area contributed by atoms with Gasteiger partial charge >= 0.3 is 0 Å². The maximum atomic E-state index is 11.4. The van der Waals surface area contributed by atoms with Crippen molar-refractivity contribution >= 4 is 5.91 Å². The van der Waals surface area contributed by atoms with E-state index in [0.29, 0.717) is 25.4 Å². The Kier molecular flexibility index (Phi) is 8.38. The molecule has 1 amide bonds. The third-order valence-electron chi connectivity index (χ3n) is 2.67. The molecule has 0 aliphatic heterocycles. The van der Waals surface area contributed by atoms with Crippen molar-refractivity contribution in [1.82, 2.24) is 10.2 Å². The van der Waals surface area contributed by atoms with Gasteiger partial charge in [-0.1, -0.05) is 13.8 Å². The number of amides is 1. The maximum Gasteiger partial charge on any atom is 0.234 e. The molecule has 0 aromatic carbocycles. The van der Waals surface area contributed by atoms with Gasteiger partial charge in [-0.3, -0.25) is 9.69 Å². The highest BCUT2D eigenvalue weighted by Crippen LogP contribution is 2.03. The zero-order chi connectivity index (χ0) is 13.3. The Morgan fingerprint density at radius 1 is 1.53 bits per heavy atom. The van der Waals surface area contributed by atoms with Gasteiger partial charge in [0.25, 0.3) is 0 Å². The van der Waals surface area contributed by atoms with E-state index in [0.717, 1.165) is 13.0 Å². The zero-order valence-corrected chi connectivity index (χ0v) is 11.1. The fraction of sp³-hybridized carbons (Fsp3) is 0.833. The van der Waals surface area contributed by atoms with Crippen LogP contribution in [0.4, 0.5) is 0 Å². The van der Waals surface area contributed by atoms with Crippen molar-refractivity contribution in [2.75, 3.05) is 26.7 Å². The predicted molar refractivity (Wildman–Crippen MR) is 68.2 cm³/mol. The quantitative estimate of drug-likeness (QED) is 0.599. The highest BCUT2D eigenvalue weighted by atomic mass is 16.2. The first-order valence-electron chi connectivity index (χ1n) is 6.05. The lowest BCUT2D eigenvalue weighted by Crippen LogP contribution is -2.38. The molecular weight excluding hydrogens is 216 g/mol. The minimum Gasteiger partial charge on any atom is -0.354 e. The topological polar surface area (TPSA) is 82.2 Å². The fourth-order valence-corrected chi connectivity index (χ4v) is 1.34. The molecule has 0 aliphatic carbocycles. The minimum atomic E-state index is -0.0409. The van der Waals surface area contributed by atoms with Crippen LogP contribution in [0.2, 0.25) is 0 Å². The number of nitrogens with zero attached hydrogens (tertiary/aromatic N) is 2. The number of hydrogen-bond donors (Lipinski definition) is 2. The lowest BCUT2D eigenvalue weighted by molar-refractivity contribution is -0.121. The molecule has 1 unspecified atom stereocenters. The third kappa shape index (κ3) is 8.66. The van der Waals surface area contributed by atoms with Crippen molar-refractivity contribution in [3.63, 3.8) is 0 Å². The molecule has 17 heavy (non-hydrogen) atoms. The van der Waals surface area contributed by atoms with E-state index in [9.17, 15) is 4.79 Å². The van der Waals surface area contributed by atoms with Crippen LogP contribution >= 0.6 is 0 Å². The molecule has 0 aromatic rings. The summed E-state index contributed by atoms with van der Waals surface area (Å²) in [5, 5.41) is 11.0. The van der Waals surface area contributed by atoms with Crippen molar-refractivity contribution in [2.24, 2.45) is 11.7 Å². The van der Waals surface area contributed by atoms with E-state index in [-0.39, 0.29) is 11.9 Å². The smallest absolute Gasteiger partial charge is 0.234 e. The van der Waals surface area contributed by atoms with E-state index in [4.69, 9.17) is 11.0 Å². The molecular formula is C12H24N4O. The van der Waals surface area contributed by atoms with Gasteiger partial charge in [-0.25, -0.2) is 0 Å². The Bertz CT molecular complexity index is 260. The van der Waals surface area contributed by atoms with Gasteiger partial charge in [0.15, 0.2) is 0 Å². The largest absolute Gasteiger partial charge is 0.354 e. The summed E-state index contributed by atoms with van der Waals surface area (Å²) in [7, 11) is 1.90. The standard InChI is InChI=1S/C12H24N4O/c1-10(2)11(14)5-8-16(3)9-12(17)15-7-4-6-13/h10-11H,4-5,7-9,14H2,1-3H3,(H,15,17). The summed E-state index contributed by atoms with van der Waals surface area (Å²) >= 11 is 0. The van der Waals surface area contributed by atoms with Crippen molar-refractivity contribution in [1.29, 1.82) is 5.26 Å². The van der Waals surface area contributed by atoms with Gasteiger partial charge in [0.1, 0.15) is 0 Å². The van der Waals surface area contributed by atoms with Crippen molar-refractivity contribution < 1.29 is 4.79 Å². The second-order valence-corrected chi connectivity index (χ2v) is 4.69. The number of carbonyl (C=O) groups excluding carboxylic acids is 1. The van der Waals surface area contributed by atoms with Crippen LogP contribution in [0.5, 0.6) is 0 Å². The van der Waals surface area contributed by atoms with Crippen LogP contribution < -0.4 is 11.1 Å². The number of likely N-dealkylation sites (N-methyl/N-ethyl adjacent to an activating group) is 1. The predicted octanol–water partition coefficient (Wildman–Crippen LogP) is 0.321. The van der Waals surface area contributed by atoms with Crippen LogP contribution in [0.15, 0.2) is 0 Å². The summed E-state index contributed by atoms with van der Waals surface area (Å²) in [6.07, 6.45) is 1.24. The Balaban J connectivity index is 3.67. The van der Waals surface area contributed by atoms with Gasteiger partial charge in [-0.15, -0.1) is 0 Å². The molecule has 5 heteroatoms. The number of hydrogen-bond acceptors (Lipinski definition) is 4. The first kappa shape index (κ1) is 15.9. The number of nitrogens with two attached hydrogens (primary N) is 1. The van der Waals surface area contributed by atoms with Crippen molar-refractivity contribution in [3.8, 4) is 6.07 Å². The van der Waals surface area contributed by atoms with E-state index in [1.165, 1.54) is 0 Å². The summed E-state index contributed by atoms with van der Waals surface area (Å²) in [5.74, 6) is 0.425. The summed E-state index contributed by atoms with van der Waals surface area (Å²) in [6.45, 7) is 5.79. The molecule has 5 nitrogen and oxygen atoms in total. The molecule has 0 saturated heterocycles. The zero-order valence-electron chi connectivity index (χ0n) is 11.1. The lowest BCUT2D eigenvalue weighted by Gasteiger charge is -2.20. The normalized spacial score (nSPS) is 12.5. The van der Waals surface area contributed by atoms with Crippen LogP contribution in [-0.4, -0.2) is 43.5 Å². The molecule has 0 aliphatic rings. The van der Waals surface area contributed by atoms with Gasteiger partial charge in [0.05, 0.1) is 19.0 Å². The lowest BCUT2D eigenvalue weighted by atomic mass is 10.0. The molecule has 0 heterocycles. The molecule has 1 atom stereocenters. The van der Waals surface area contributed by atoms with Crippen molar-refractivity contribution in [2.45, 2.75) is 32.7 Å². The number of carbonyl (C=O) groups is 1. The van der Waals surface area contributed by atoms with E-state index >= 15 is 0 Å². The average molecular weight is 240 g/mol. The number of nitriles is 1. The van der Waals surface area contributed by atoms with Crippen LogP contribution in [0, 0.1) is 17.2 Å². The first-order chi connectivity index (χ1) is 7.97. The van der Waals surface area contributed by atoms with E-state index in [1.54, 1.807) is 0 Å². The molecule has 3 N–H and O–H groups in total. The summed E-state index contributed by atoms with van der Waals surface area (Å²) in [4.78, 5) is 13.4. The highest BCUT2D eigenvalue weighted by molar-refractivity contribution is 5.77. The van der Waals surface area contributed by atoms with Crippen LogP contribution in [0.3, 0.4) is 0 Å². The monoisotopic (exact) mass is 240 g/mol. The van der Waals surface area contributed by atoms with E-state index in [1.807, 2.05) is 18.0 Å². The number of rotatable bonds is 8. The maximum absolute atomic E-state index is 11.4. The second-order valence-electron chi connectivity index (χ2n) is 4.69. The average Bonchev–Trinajstić information content (AvgIpc) is 2.26. The van der Waals surface area contributed by atoms with Crippen LogP contribution in [-0.2, 0) is 4.79 Å². The molecule has 0 saturated carbocycles. The van der Waals surface area contributed by atoms with Gasteiger partial charge in [-0.05, 0) is 25.9 Å². The molecule has 0 spiro atoms. The molecule has 0 radical (unpaired) electrons. The van der Waals surface area contributed by atoms with E-state index in [2.05, 4.69) is 19.2 Å². The molecule has 98 valence electrons. The summed E-state index contributed by atoms with van der Waals surface area (Å²) in [6, 6.07) is 2.16. The van der Waals surface area contributed by atoms with Gasteiger partial charge < -0.3 is 11.1 Å². The molecule has 0 aromatic heterocycles. The van der Waals surface area contributed by atoms with Crippen molar-refractivity contribution in [3.05, 3.63) is 0 Å². The Morgan fingerprint density at radius 2 is 2.18 bits per heavy atom. The molecule has 0 rings (SSSR count). The fourth-order valence-electron chi connectivity index (χ4n) is 1.34. The van der Waals surface area contributed by atoms with Gasteiger partial charge in [-0.2, -0.15) is 5.26 Å². The number of nitrogens with one attached hydrogen (secondary N) is 1. The molecule has 0 fully saturated rings. The van der Waals surface area contributed by atoms with Gasteiger partial charge in [0, 0.05) is 12.6 Å². The Hall–Kier alpha value is -1.12.